The number of aliphatic hydroxyl groups is 1. The molecule has 0 saturated heterocycles. The van der Waals surface area contributed by atoms with Crippen LogP contribution in [0.1, 0.15) is 98.3 Å². The monoisotopic (exact) mass is 509 g/mol. The maximum Gasteiger partial charge on any atom is 3.00 e. The van der Waals surface area contributed by atoms with Gasteiger partial charge in [-0.2, -0.15) is 0 Å². The van der Waals surface area contributed by atoms with Crippen LogP contribution in [0, 0.1) is 0 Å². The normalized spacial score (nSPS) is 8.64. The first-order chi connectivity index (χ1) is 14.9. The molecule has 11 heteroatoms. The van der Waals surface area contributed by atoms with E-state index in [0.29, 0.717) is 45.1 Å². The van der Waals surface area contributed by atoms with Gasteiger partial charge in [0.15, 0.2) is 0 Å². The maximum absolute atomic E-state index is 10.4. The third-order valence-corrected chi connectivity index (χ3v) is 3.12. The molecule has 0 aromatic carbocycles. The zero-order valence-corrected chi connectivity index (χ0v) is 21.7. The Hall–Kier alpha value is -1.91. The van der Waals surface area contributed by atoms with Gasteiger partial charge in [0.05, 0.1) is 0 Å². The second kappa shape index (κ2) is 32.3. The molecule has 33 heavy (non-hydrogen) atoms. The first-order valence-corrected chi connectivity index (χ1v) is 10.7. The minimum Gasteiger partial charge on any atom is -0.550 e. The van der Waals surface area contributed by atoms with Gasteiger partial charge in [-0.15, -0.1) is 0 Å². The quantitative estimate of drug-likeness (QED) is 0.230. The zero-order chi connectivity index (χ0) is 25.9. The molecule has 0 spiro atoms. The summed E-state index contributed by atoms with van der Waals surface area (Å²) in [5.41, 5.74) is 0. The topological polar surface area (TPSA) is 192 Å². The third-order valence-electron chi connectivity index (χ3n) is 3.12. The van der Waals surface area contributed by atoms with Gasteiger partial charge in [-0.3, -0.25) is 14.4 Å². The molecular weight excluding hydrogens is 472 g/mol. The Morgan fingerprint density at radius 1 is 0.545 bits per heavy atom. The molecule has 0 bridgehead atoms. The fourth-order valence-corrected chi connectivity index (χ4v) is 1.74. The average molecular weight is 509 g/mol. The number of carboxylic acids is 3. The number of unbranched alkanes of at least 4 members (excludes halogenated alkanes) is 1. The van der Waals surface area contributed by atoms with Crippen LogP contribution in [-0.2, 0) is 50.5 Å². The largest absolute Gasteiger partial charge is 3.00 e. The average Bonchev–Trinajstić information content (AvgIpc) is 2.62. The SMILES string of the molecule is CCCC(=O)CC(=O)[O-].CCCC(=O)CC(=O)[O-].CCCC(=O)CC(=O)[O-].CCCCO.[Ti+3]. The smallest absolute Gasteiger partial charge is 0.550 e. The number of rotatable bonds is 14. The molecule has 0 rings (SSSR count). The minimum atomic E-state index is -1.28. The van der Waals surface area contributed by atoms with E-state index in [1.807, 2.05) is 20.8 Å². The van der Waals surface area contributed by atoms with E-state index in [-0.39, 0.29) is 39.1 Å². The van der Waals surface area contributed by atoms with Gasteiger partial charge in [0, 0.05) is 63.0 Å². The molecular formula is C22H37O10Ti. The molecule has 189 valence electrons. The Kier molecular flexibility index (Phi) is 40.4. The van der Waals surface area contributed by atoms with Crippen molar-refractivity contribution in [3.8, 4) is 0 Å². The number of Topliss-reactive ketones (excluding diaryl/α,β-unsaturated/α-hetero) is 3. The van der Waals surface area contributed by atoms with E-state index >= 15 is 0 Å². The molecule has 0 aromatic rings. The predicted molar refractivity (Wildman–Crippen MR) is 111 cm³/mol. The predicted octanol–water partition coefficient (Wildman–Crippen LogP) is -0.737. The summed E-state index contributed by atoms with van der Waals surface area (Å²) in [6.07, 6.45) is 3.85. The molecule has 0 aliphatic carbocycles. The number of aliphatic carboxylic acids is 3. The van der Waals surface area contributed by atoms with Crippen LogP contribution in [-0.4, -0.2) is 47.0 Å². The fraction of sp³-hybridized carbons (Fsp3) is 0.727. The summed E-state index contributed by atoms with van der Waals surface area (Å²) in [5, 5.41) is 37.3. The molecule has 0 amide bonds. The van der Waals surface area contributed by atoms with Gasteiger partial charge in [-0.25, -0.2) is 0 Å². The Bertz CT molecular complexity index is 474. The number of carbonyl (C=O) groups excluding carboxylic acids is 6. The van der Waals surface area contributed by atoms with Crippen LogP contribution in [0.2, 0.25) is 0 Å². The maximum atomic E-state index is 10.4. The van der Waals surface area contributed by atoms with Crippen molar-refractivity contribution in [2.75, 3.05) is 6.61 Å². The van der Waals surface area contributed by atoms with E-state index in [0.717, 1.165) is 12.8 Å². The van der Waals surface area contributed by atoms with Crippen molar-refractivity contribution in [1.82, 2.24) is 0 Å². The van der Waals surface area contributed by atoms with Crippen LogP contribution in [0.25, 0.3) is 0 Å². The van der Waals surface area contributed by atoms with Crippen molar-refractivity contribution >= 4 is 35.3 Å². The van der Waals surface area contributed by atoms with E-state index in [9.17, 15) is 44.1 Å². The van der Waals surface area contributed by atoms with Gasteiger partial charge in [-0.05, 0) is 25.7 Å². The number of ketones is 3. The van der Waals surface area contributed by atoms with Crippen LogP contribution in [0.15, 0.2) is 0 Å². The molecule has 0 heterocycles. The molecule has 0 aliphatic rings. The third kappa shape index (κ3) is 53.4. The van der Waals surface area contributed by atoms with E-state index in [2.05, 4.69) is 6.92 Å². The second-order valence-electron chi connectivity index (χ2n) is 6.59. The molecule has 0 saturated carbocycles. The Balaban J connectivity index is -0.000000107. The van der Waals surface area contributed by atoms with Gasteiger partial charge in [0.1, 0.15) is 17.3 Å². The van der Waals surface area contributed by atoms with Crippen molar-refractivity contribution in [3.05, 3.63) is 0 Å². The number of hydrogen-bond acceptors (Lipinski definition) is 10. The van der Waals surface area contributed by atoms with E-state index < -0.39 is 37.2 Å². The van der Waals surface area contributed by atoms with E-state index in [1.165, 1.54) is 0 Å². The number of hydrogen-bond donors (Lipinski definition) is 1. The Labute approximate surface area is 211 Å². The van der Waals surface area contributed by atoms with Gasteiger partial charge in [0.2, 0.25) is 0 Å². The van der Waals surface area contributed by atoms with Crippen molar-refractivity contribution in [1.29, 1.82) is 0 Å². The van der Waals surface area contributed by atoms with Crippen LogP contribution in [0.4, 0.5) is 0 Å². The zero-order valence-electron chi connectivity index (χ0n) is 20.1. The van der Waals surface area contributed by atoms with Crippen LogP contribution < -0.4 is 15.3 Å². The summed E-state index contributed by atoms with van der Waals surface area (Å²) in [5.74, 6) is -4.61. The molecule has 0 fully saturated rings. The summed E-state index contributed by atoms with van der Waals surface area (Å²) in [6, 6.07) is 0. The number of carbonyl (C=O) groups is 6. The second-order valence-corrected chi connectivity index (χ2v) is 6.59. The first-order valence-electron chi connectivity index (χ1n) is 10.7. The van der Waals surface area contributed by atoms with Crippen LogP contribution in [0.3, 0.4) is 0 Å². The van der Waals surface area contributed by atoms with Gasteiger partial charge >= 0.3 is 21.7 Å². The van der Waals surface area contributed by atoms with Gasteiger partial charge in [-0.1, -0.05) is 34.1 Å². The molecule has 0 atom stereocenters. The number of carboxylic acid groups (broad SMARTS) is 3. The summed E-state index contributed by atoms with van der Waals surface area (Å²) < 4.78 is 0. The van der Waals surface area contributed by atoms with E-state index in [1.54, 1.807) is 0 Å². The molecule has 1 radical (unpaired) electrons. The summed E-state index contributed by atoms with van der Waals surface area (Å²) in [4.78, 5) is 60.6. The van der Waals surface area contributed by atoms with Crippen molar-refractivity contribution in [2.45, 2.75) is 98.3 Å². The first kappa shape index (κ1) is 41.4. The molecule has 10 nitrogen and oxygen atoms in total. The minimum absolute atomic E-state index is 0. The number of aliphatic hydroxyl groups excluding tert-OH is 1. The Morgan fingerprint density at radius 3 is 0.879 bits per heavy atom. The fourth-order valence-electron chi connectivity index (χ4n) is 1.74. The molecule has 0 unspecified atom stereocenters. The molecule has 0 aliphatic heterocycles. The van der Waals surface area contributed by atoms with Crippen molar-refractivity contribution in [2.24, 2.45) is 0 Å². The standard InChI is InChI=1S/3C6H10O3.C4H10O.Ti/c3*1-2-3-5(7)4-6(8)9;1-2-3-4-5;/h3*2-4H2,1H3,(H,8,9);5H,2-4H2,1H3;/q;;;;+3/p-3. The molecule has 0 aromatic heterocycles. The Morgan fingerprint density at radius 2 is 0.788 bits per heavy atom. The summed E-state index contributed by atoms with van der Waals surface area (Å²) in [6.45, 7) is 7.88. The van der Waals surface area contributed by atoms with Crippen LogP contribution >= 0.6 is 0 Å². The van der Waals surface area contributed by atoms with Crippen molar-refractivity contribution in [3.63, 3.8) is 0 Å². The summed E-state index contributed by atoms with van der Waals surface area (Å²) >= 11 is 0. The van der Waals surface area contributed by atoms with Crippen molar-refractivity contribution < 1.29 is 70.9 Å². The molecule has 1 N–H and O–H groups in total. The van der Waals surface area contributed by atoms with Gasteiger partial charge in [0.25, 0.3) is 0 Å². The van der Waals surface area contributed by atoms with E-state index in [4.69, 9.17) is 5.11 Å². The summed E-state index contributed by atoms with van der Waals surface area (Å²) in [7, 11) is 0. The van der Waals surface area contributed by atoms with Gasteiger partial charge < -0.3 is 34.8 Å². The van der Waals surface area contributed by atoms with Crippen LogP contribution in [0.5, 0.6) is 0 Å².